The van der Waals surface area contributed by atoms with Gasteiger partial charge in [0, 0.05) is 15.9 Å². The van der Waals surface area contributed by atoms with Gasteiger partial charge in [-0.2, -0.15) is 0 Å². The Labute approximate surface area is 161 Å². The molecule has 138 valence electrons. The van der Waals surface area contributed by atoms with E-state index >= 15 is 0 Å². The zero-order chi connectivity index (χ0) is 18.7. The molecule has 4 N–H and O–H groups in total. The number of nitrogens with one attached hydrogen (secondary N) is 2. The molecule has 7 heteroatoms. The molecule has 1 aromatic heterocycles. The minimum atomic E-state index is -0.475. The molecule has 1 aliphatic rings. The number of carbonyl (C=O) groups excluding carboxylic acids is 2. The third-order valence-corrected chi connectivity index (χ3v) is 6.16. The number of benzene rings is 1. The van der Waals surface area contributed by atoms with Gasteiger partial charge in [-0.1, -0.05) is 29.8 Å². The molecule has 26 heavy (non-hydrogen) atoms. The van der Waals surface area contributed by atoms with E-state index in [1.54, 1.807) is 0 Å². The Kier molecular flexibility index (Phi) is 5.96. The van der Waals surface area contributed by atoms with Crippen molar-refractivity contribution >= 4 is 39.8 Å². The van der Waals surface area contributed by atoms with E-state index in [2.05, 4.69) is 10.6 Å². The molecule has 1 aromatic carbocycles. The summed E-state index contributed by atoms with van der Waals surface area (Å²) in [5.74, 6) is -0.679. The number of aryl methyl sites for hydroxylation is 1. The number of hydrogen-bond donors (Lipinski definition) is 3. The van der Waals surface area contributed by atoms with Crippen LogP contribution in [0.15, 0.2) is 24.3 Å². The number of anilines is 1. The first-order chi connectivity index (χ1) is 12.5. The van der Waals surface area contributed by atoms with Crippen LogP contribution in [0.5, 0.6) is 0 Å². The first kappa shape index (κ1) is 18.9. The predicted octanol–water partition coefficient (Wildman–Crippen LogP) is 3.67. The third-order valence-electron chi connectivity index (χ3n) is 4.61. The molecule has 0 spiro atoms. The summed E-state index contributed by atoms with van der Waals surface area (Å²) < 4.78 is 0. The van der Waals surface area contributed by atoms with E-state index in [0.717, 1.165) is 41.7 Å². The lowest BCUT2D eigenvalue weighted by Crippen LogP contribution is -2.30. The molecule has 0 radical (unpaired) electrons. The maximum absolute atomic E-state index is 12.4. The first-order valence-corrected chi connectivity index (χ1v) is 9.88. The van der Waals surface area contributed by atoms with Gasteiger partial charge >= 0.3 is 0 Å². The molecule has 2 aromatic rings. The van der Waals surface area contributed by atoms with Crippen molar-refractivity contribution in [1.82, 2.24) is 5.32 Å². The van der Waals surface area contributed by atoms with Crippen LogP contribution in [0.3, 0.4) is 0 Å². The summed E-state index contributed by atoms with van der Waals surface area (Å²) in [5.41, 5.74) is 8.00. The van der Waals surface area contributed by atoms with Gasteiger partial charge < -0.3 is 16.4 Å². The van der Waals surface area contributed by atoms with Crippen molar-refractivity contribution in [2.75, 3.05) is 11.9 Å². The van der Waals surface area contributed by atoms with Gasteiger partial charge in [0.05, 0.1) is 12.1 Å². The van der Waals surface area contributed by atoms with E-state index in [0.29, 0.717) is 15.6 Å². The highest BCUT2D eigenvalue weighted by Crippen LogP contribution is 2.37. The smallest absolute Gasteiger partial charge is 0.251 e. The van der Waals surface area contributed by atoms with Crippen molar-refractivity contribution in [1.29, 1.82) is 0 Å². The molecular weight excluding hydrogens is 370 g/mol. The van der Waals surface area contributed by atoms with E-state index in [1.165, 1.54) is 11.3 Å². The Morgan fingerprint density at radius 1 is 1.27 bits per heavy atom. The molecule has 1 aliphatic carbocycles. The Bertz CT molecular complexity index is 834. The summed E-state index contributed by atoms with van der Waals surface area (Å²) in [4.78, 5) is 25.4. The predicted molar refractivity (Wildman–Crippen MR) is 106 cm³/mol. The van der Waals surface area contributed by atoms with Crippen molar-refractivity contribution in [3.8, 4) is 0 Å². The van der Waals surface area contributed by atoms with Crippen LogP contribution in [-0.4, -0.2) is 18.4 Å². The standard InChI is InChI=1S/C19H22ClN3O2S/c1-11(12-6-2-4-8-14(12)20)22-10-16(24)23-19-17(18(21)25)13-7-3-5-9-15(13)26-19/h2,4,6,8,11,22H,3,5,7,9-10H2,1H3,(H2,21,25)(H,23,24)/t11-/m0/s1. The van der Waals surface area contributed by atoms with Crippen LogP contribution >= 0.6 is 22.9 Å². The van der Waals surface area contributed by atoms with E-state index in [9.17, 15) is 9.59 Å². The summed E-state index contributed by atoms with van der Waals surface area (Å²) in [7, 11) is 0. The lowest BCUT2D eigenvalue weighted by atomic mass is 9.95. The number of fused-ring (bicyclic) bond motifs is 1. The average Bonchev–Trinajstić information content (AvgIpc) is 2.98. The van der Waals surface area contributed by atoms with E-state index < -0.39 is 5.91 Å². The molecule has 0 saturated carbocycles. The summed E-state index contributed by atoms with van der Waals surface area (Å²) >= 11 is 7.66. The van der Waals surface area contributed by atoms with E-state index in [1.807, 2.05) is 31.2 Å². The largest absolute Gasteiger partial charge is 0.365 e. The van der Waals surface area contributed by atoms with Gasteiger partial charge in [-0.25, -0.2) is 0 Å². The van der Waals surface area contributed by atoms with E-state index in [-0.39, 0.29) is 18.5 Å². The lowest BCUT2D eigenvalue weighted by Gasteiger charge is -2.15. The van der Waals surface area contributed by atoms with Crippen LogP contribution in [0.4, 0.5) is 5.00 Å². The fourth-order valence-electron chi connectivity index (χ4n) is 3.27. The van der Waals surface area contributed by atoms with Crippen LogP contribution in [-0.2, 0) is 17.6 Å². The summed E-state index contributed by atoms with van der Waals surface area (Å²) in [6.07, 6.45) is 3.95. The fraction of sp³-hybridized carbons (Fsp3) is 0.368. The maximum atomic E-state index is 12.4. The van der Waals surface area contributed by atoms with E-state index in [4.69, 9.17) is 17.3 Å². The third kappa shape index (κ3) is 4.09. The maximum Gasteiger partial charge on any atom is 0.251 e. The number of nitrogens with two attached hydrogens (primary N) is 1. The quantitative estimate of drug-likeness (QED) is 0.702. The topological polar surface area (TPSA) is 84.2 Å². The SMILES string of the molecule is C[C@H](NCC(=O)Nc1sc2c(c1C(N)=O)CCCC2)c1ccccc1Cl. The average molecular weight is 392 g/mol. The van der Waals surface area contributed by atoms with Gasteiger partial charge in [-0.15, -0.1) is 11.3 Å². The van der Waals surface area contributed by atoms with Gasteiger partial charge in [0.15, 0.2) is 0 Å². The Morgan fingerprint density at radius 2 is 2.00 bits per heavy atom. The number of rotatable bonds is 6. The first-order valence-electron chi connectivity index (χ1n) is 8.69. The van der Waals surface area contributed by atoms with Gasteiger partial charge in [-0.05, 0) is 49.8 Å². The van der Waals surface area contributed by atoms with Crippen LogP contribution < -0.4 is 16.4 Å². The highest BCUT2D eigenvalue weighted by atomic mass is 35.5. The lowest BCUT2D eigenvalue weighted by molar-refractivity contribution is -0.115. The molecule has 0 unspecified atom stereocenters. The van der Waals surface area contributed by atoms with Crippen molar-refractivity contribution in [2.24, 2.45) is 5.73 Å². The molecule has 5 nitrogen and oxygen atoms in total. The highest BCUT2D eigenvalue weighted by molar-refractivity contribution is 7.17. The van der Waals surface area contributed by atoms with Crippen molar-refractivity contribution in [2.45, 2.75) is 38.6 Å². The molecular formula is C19H22ClN3O2S. The second kappa shape index (κ2) is 8.20. The molecule has 0 fully saturated rings. The number of halogens is 1. The van der Waals surface area contributed by atoms with Gasteiger partial charge in [0.2, 0.25) is 5.91 Å². The Hall–Kier alpha value is -1.89. The van der Waals surface area contributed by atoms with Gasteiger partial charge in [-0.3, -0.25) is 9.59 Å². The van der Waals surface area contributed by atoms with Crippen molar-refractivity contribution in [3.63, 3.8) is 0 Å². The summed E-state index contributed by atoms with van der Waals surface area (Å²) in [5, 5.41) is 7.25. The van der Waals surface area contributed by atoms with Crippen LogP contribution in [0, 0.1) is 0 Å². The molecule has 1 atom stereocenters. The number of hydrogen-bond acceptors (Lipinski definition) is 4. The van der Waals surface area contributed by atoms with Gasteiger partial charge in [0.1, 0.15) is 5.00 Å². The minimum absolute atomic E-state index is 0.0680. The molecule has 1 heterocycles. The number of primary amides is 1. The zero-order valence-electron chi connectivity index (χ0n) is 14.6. The Morgan fingerprint density at radius 3 is 2.73 bits per heavy atom. The Balaban J connectivity index is 1.66. The van der Waals surface area contributed by atoms with Crippen LogP contribution in [0.2, 0.25) is 5.02 Å². The zero-order valence-corrected chi connectivity index (χ0v) is 16.2. The van der Waals surface area contributed by atoms with Crippen molar-refractivity contribution < 1.29 is 9.59 Å². The normalized spacial score (nSPS) is 14.5. The second-order valence-corrected chi connectivity index (χ2v) is 7.96. The minimum Gasteiger partial charge on any atom is -0.365 e. The molecule has 3 rings (SSSR count). The molecule has 0 bridgehead atoms. The van der Waals surface area contributed by atoms with Gasteiger partial charge in [0.25, 0.3) is 5.91 Å². The highest BCUT2D eigenvalue weighted by Gasteiger charge is 2.25. The number of carbonyl (C=O) groups is 2. The van der Waals surface area contributed by atoms with Crippen LogP contribution in [0.25, 0.3) is 0 Å². The summed E-state index contributed by atoms with van der Waals surface area (Å²) in [6.45, 7) is 2.07. The van der Waals surface area contributed by atoms with Crippen molar-refractivity contribution in [3.05, 3.63) is 50.9 Å². The molecule has 2 amide bonds. The van der Waals surface area contributed by atoms with Crippen LogP contribution in [0.1, 0.15) is 52.2 Å². The monoisotopic (exact) mass is 391 g/mol. The number of thiophene rings is 1. The molecule has 0 saturated heterocycles. The summed E-state index contributed by atoms with van der Waals surface area (Å²) in [6, 6.07) is 7.46. The number of amides is 2. The molecule has 0 aliphatic heterocycles. The fourth-order valence-corrected chi connectivity index (χ4v) is 4.88. The second-order valence-electron chi connectivity index (χ2n) is 6.45.